The molecular weight excluding hydrogens is 252 g/mol. The Bertz CT molecular complexity index is 204. The summed E-state index contributed by atoms with van der Waals surface area (Å²) in [5, 5.41) is 0. The lowest BCUT2D eigenvalue weighted by atomic mass is 9.75. The molecule has 0 bridgehead atoms. The predicted molar refractivity (Wildman–Crippen MR) is 98.8 cm³/mol. The predicted octanol–water partition coefficient (Wildman–Crippen LogP) is 7.86. The fourth-order valence-corrected chi connectivity index (χ4v) is 3.75. The van der Waals surface area contributed by atoms with Gasteiger partial charge in [0, 0.05) is 0 Å². The average molecular weight is 297 g/mol. The molecule has 21 heavy (non-hydrogen) atoms. The Kier molecular flexibility index (Phi) is 13.6. The number of rotatable bonds is 14. The fourth-order valence-electron chi connectivity index (χ4n) is 3.75. The first-order valence-corrected chi connectivity index (χ1v) is 10.0. The van der Waals surface area contributed by atoms with Crippen molar-refractivity contribution in [1.82, 2.24) is 0 Å². The second-order valence-electron chi connectivity index (χ2n) is 7.98. The standard InChI is InChI=1S/C21H44/c1-7-9-11-12-16-20(15-10-8-2)21(19(5)6)17-13-14-18(3)4/h18-21H,7-17H2,1-6H3. The van der Waals surface area contributed by atoms with Crippen molar-refractivity contribution in [2.75, 3.05) is 0 Å². The highest BCUT2D eigenvalue weighted by molar-refractivity contribution is 4.74. The molecule has 0 heterocycles. The van der Waals surface area contributed by atoms with Gasteiger partial charge in [-0.25, -0.2) is 0 Å². The van der Waals surface area contributed by atoms with Gasteiger partial charge in [0.25, 0.3) is 0 Å². The minimum absolute atomic E-state index is 0.866. The van der Waals surface area contributed by atoms with E-state index in [1.807, 2.05) is 0 Å². The number of hydrogen-bond donors (Lipinski definition) is 0. The SMILES string of the molecule is CCCCCCC(CCCC)C(CCCC(C)C)C(C)C. The molecule has 0 rings (SSSR count). The molecule has 0 aromatic heterocycles. The van der Waals surface area contributed by atoms with Gasteiger partial charge in [-0.1, -0.05) is 106 Å². The molecule has 0 nitrogen and oxygen atoms in total. The molecule has 0 heteroatoms. The van der Waals surface area contributed by atoms with Gasteiger partial charge in [0.05, 0.1) is 0 Å². The largest absolute Gasteiger partial charge is 0.0654 e. The molecule has 0 aromatic carbocycles. The van der Waals surface area contributed by atoms with E-state index in [-0.39, 0.29) is 0 Å². The Morgan fingerprint density at radius 3 is 1.71 bits per heavy atom. The van der Waals surface area contributed by atoms with Crippen molar-refractivity contribution in [3.05, 3.63) is 0 Å². The molecule has 0 saturated carbocycles. The van der Waals surface area contributed by atoms with Crippen LogP contribution in [0.3, 0.4) is 0 Å². The second kappa shape index (κ2) is 13.6. The molecular formula is C21H44. The van der Waals surface area contributed by atoms with Gasteiger partial charge < -0.3 is 0 Å². The third kappa shape index (κ3) is 11.2. The number of hydrogen-bond acceptors (Lipinski definition) is 0. The summed E-state index contributed by atoms with van der Waals surface area (Å²) < 4.78 is 0. The molecule has 0 aliphatic carbocycles. The van der Waals surface area contributed by atoms with Crippen molar-refractivity contribution in [1.29, 1.82) is 0 Å². The van der Waals surface area contributed by atoms with E-state index >= 15 is 0 Å². The maximum absolute atomic E-state index is 2.46. The first-order valence-electron chi connectivity index (χ1n) is 10.0. The van der Waals surface area contributed by atoms with Crippen LogP contribution in [0.1, 0.15) is 112 Å². The Labute approximate surface area is 136 Å². The molecule has 2 unspecified atom stereocenters. The van der Waals surface area contributed by atoms with Crippen molar-refractivity contribution in [2.24, 2.45) is 23.7 Å². The first-order chi connectivity index (χ1) is 10.0. The third-order valence-corrected chi connectivity index (χ3v) is 5.14. The zero-order chi connectivity index (χ0) is 16.1. The lowest BCUT2D eigenvalue weighted by Crippen LogP contribution is -2.21. The van der Waals surface area contributed by atoms with Crippen LogP contribution in [0.5, 0.6) is 0 Å². The fraction of sp³-hybridized carbons (Fsp3) is 1.00. The summed E-state index contributed by atoms with van der Waals surface area (Å²) in [7, 11) is 0. The second-order valence-corrected chi connectivity index (χ2v) is 7.98. The van der Waals surface area contributed by atoms with Crippen LogP contribution in [0.4, 0.5) is 0 Å². The van der Waals surface area contributed by atoms with Crippen LogP contribution in [0.25, 0.3) is 0 Å². The molecule has 0 N–H and O–H groups in total. The van der Waals surface area contributed by atoms with Gasteiger partial charge in [-0.2, -0.15) is 0 Å². The van der Waals surface area contributed by atoms with Gasteiger partial charge in [0.1, 0.15) is 0 Å². The minimum atomic E-state index is 0.866. The van der Waals surface area contributed by atoms with Crippen LogP contribution in [0.2, 0.25) is 0 Å². The maximum Gasteiger partial charge on any atom is -0.0363 e. The van der Waals surface area contributed by atoms with E-state index in [1.165, 1.54) is 70.6 Å². The monoisotopic (exact) mass is 296 g/mol. The zero-order valence-corrected chi connectivity index (χ0v) is 16.1. The van der Waals surface area contributed by atoms with Crippen molar-refractivity contribution in [3.8, 4) is 0 Å². The summed E-state index contributed by atoms with van der Waals surface area (Å²) in [5.74, 6) is 3.70. The molecule has 0 spiro atoms. The summed E-state index contributed by atoms with van der Waals surface area (Å²) in [6, 6.07) is 0. The summed E-state index contributed by atoms with van der Waals surface area (Å²) in [6.45, 7) is 14.3. The summed E-state index contributed by atoms with van der Waals surface area (Å²) >= 11 is 0. The van der Waals surface area contributed by atoms with E-state index in [2.05, 4.69) is 41.5 Å². The lowest BCUT2D eigenvalue weighted by molar-refractivity contribution is 0.197. The zero-order valence-electron chi connectivity index (χ0n) is 16.1. The maximum atomic E-state index is 2.46. The van der Waals surface area contributed by atoms with Crippen molar-refractivity contribution in [2.45, 2.75) is 112 Å². The molecule has 128 valence electrons. The van der Waals surface area contributed by atoms with Crippen molar-refractivity contribution in [3.63, 3.8) is 0 Å². The van der Waals surface area contributed by atoms with Gasteiger partial charge in [-0.05, 0) is 30.1 Å². The molecule has 0 aliphatic rings. The average Bonchev–Trinajstić information content (AvgIpc) is 2.43. The van der Waals surface area contributed by atoms with E-state index < -0.39 is 0 Å². The van der Waals surface area contributed by atoms with Gasteiger partial charge in [0.15, 0.2) is 0 Å². The highest BCUT2D eigenvalue weighted by atomic mass is 14.3. The summed E-state index contributed by atoms with van der Waals surface area (Å²) in [4.78, 5) is 0. The van der Waals surface area contributed by atoms with E-state index in [4.69, 9.17) is 0 Å². The van der Waals surface area contributed by atoms with Gasteiger partial charge >= 0.3 is 0 Å². The van der Waals surface area contributed by atoms with E-state index in [0.717, 1.165) is 23.7 Å². The quantitative estimate of drug-likeness (QED) is 0.286. The molecule has 0 amide bonds. The Balaban J connectivity index is 4.38. The van der Waals surface area contributed by atoms with Crippen LogP contribution in [-0.4, -0.2) is 0 Å². The van der Waals surface area contributed by atoms with Crippen LogP contribution < -0.4 is 0 Å². The van der Waals surface area contributed by atoms with E-state index in [1.54, 1.807) is 0 Å². The van der Waals surface area contributed by atoms with Crippen LogP contribution >= 0.6 is 0 Å². The molecule has 0 aromatic rings. The van der Waals surface area contributed by atoms with E-state index in [0.29, 0.717) is 0 Å². The van der Waals surface area contributed by atoms with Gasteiger partial charge in [-0.3, -0.25) is 0 Å². The van der Waals surface area contributed by atoms with Crippen LogP contribution in [-0.2, 0) is 0 Å². The third-order valence-electron chi connectivity index (χ3n) is 5.14. The highest BCUT2D eigenvalue weighted by Crippen LogP contribution is 2.34. The van der Waals surface area contributed by atoms with Gasteiger partial charge in [-0.15, -0.1) is 0 Å². The molecule has 0 radical (unpaired) electrons. The van der Waals surface area contributed by atoms with Crippen LogP contribution in [0, 0.1) is 23.7 Å². The number of unbranched alkanes of at least 4 members (excludes halogenated alkanes) is 4. The molecule has 0 fully saturated rings. The normalized spacial score (nSPS) is 14.9. The first kappa shape index (κ1) is 21.0. The summed E-state index contributed by atoms with van der Waals surface area (Å²) in [6.07, 6.45) is 15.8. The molecule has 0 saturated heterocycles. The highest BCUT2D eigenvalue weighted by Gasteiger charge is 2.23. The van der Waals surface area contributed by atoms with Crippen LogP contribution in [0.15, 0.2) is 0 Å². The Morgan fingerprint density at radius 2 is 1.19 bits per heavy atom. The lowest BCUT2D eigenvalue weighted by Gasteiger charge is -2.31. The van der Waals surface area contributed by atoms with Crippen molar-refractivity contribution < 1.29 is 0 Å². The van der Waals surface area contributed by atoms with Crippen molar-refractivity contribution >= 4 is 0 Å². The Hall–Kier alpha value is 0. The topological polar surface area (TPSA) is 0 Å². The molecule has 0 aliphatic heterocycles. The Morgan fingerprint density at radius 1 is 0.571 bits per heavy atom. The minimum Gasteiger partial charge on any atom is -0.0654 e. The summed E-state index contributed by atoms with van der Waals surface area (Å²) in [5.41, 5.74) is 0. The molecule has 2 atom stereocenters. The smallest absolute Gasteiger partial charge is 0.0363 e. The van der Waals surface area contributed by atoms with Gasteiger partial charge in [0.2, 0.25) is 0 Å². The van der Waals surface area contributed by atoms with E-state index in [9.17, 15) is 0 Å².